The highest BCUT2D eigenvalue weighted by molar-refractivity contribution is 4.97. The van der Waals surface area contributed by atoms with Crippen molar-refractivity contribution in [2.24, 2.45) is 5.73 Å². The number of nitrogens with two attached hydrogens (primary N) is 1. The van der Waals surface area contributed by atoms with E-state index in [1.54, 1.807) is 0 Å². The first-order valence-electron chi connectivity index (χ1n) is 5.69. The van der Waals surface area contributed by atoms with E-state index in [-0.39, 0.29) is 12.1 Å². The van der Waals surface area contributed by atoms with Crippen molar-refractivity contribution in [2.45, 2.75) is 58.6 Å². The quantitative estimate of drug-likeness (QED) is 0.610. The summed E-state index contributed by atoms with van der Waals surface area (Å²) in [4.78, 5) is 0. The highest BCUT2D eigenvalue weighted by Crippen LogP contribution is 2.14. The molecule has 0 rings (SSSR count). The maximum absolute atomic E-state index is 6.08. The lowest BCUT2D eigenvalue weighted by Crippen LogP contribution is -2.37. The number of ether oxygens (including phenoxy) is 1. The zero-order valence-electron chi connectivity index (χ0n) is 9.88. The summed E-state index contributed by atoms with van der Waals surface area (Å²) in [5, 5.41) is 0. The van der Waals surface area contributed by atoms with Gasteiger partial charge in [-0.25, -0.2) is 0 Å². The van der Waals surface area contributed by atoms with Crippen LogP contribution in [0, 0.1) is 0 Å². The van der Waals surface area contributed by atoms with Crippen LogP contribution < -0.4 is 5.73 Å². The van der Waals surface area contributed by atoms with Gasteiger partial charge in [0.2, 0.25) is 0 Å². The molecule has 84 valence electrons. The van der Waals surface area contributed by atoms with Crippen LogP contribution >= 0.6 is 0 Å². The van der Waals surface area contributed by atoms with E-state index in [4.69, 9.17) is 10.5 Å². The fourth-order valence-electron chi connectivity index (χ4n) is 1.53. The zero-order valence-corrected chi connectivity index (χ0v) is 9.88. The lowest BCUT2D eigenvalue weighted by molar-refractivity contribution is 0.0377. The molecule has 0 saturated heterocycles. The van der Waals surface area contributed by atoms with Crippen LogP contribution in [0.1, 0.15) is 46.5 Å². The maximum atomic E-state index is 6.08. The van der Waals surface area contributed by atoms with Crippen molar-refractivity contribution in [3.8, 4) is 0 Å². The van der Waals surface area contributed by atoms with Crippen LogP contribution in [-0.4, -0.2) is 18.8 Å². The summed E-state index contributed by atoms with van der Waals surface area (Å²) < 4.78 is 5.62. The van der Waals surface area contributed by atoms with E-state index < -0.39 is 0 Å². The van der Waals surface area contributed by atoms with Gasteiger partial charge in [0.1, 0.15) is 0 Å². The molecule has 14 heavy (non-hydrogen) atoms. The Morgan fingerprint density at radius 3 is 2.43 bits per heavy atom. The zero-order chi connectivity index (χ0) is 11.0. The van der Waals surface area contributed by atoms with Gasteiger partial charge in [-0.05, 0) is 26.2 Å². The van der Waals surface area contributed by atoms with Gasteiger partial charge in [-0.2, -0.15) is 0 Å². The molecule has 0 radical (unpaired) electrons. The molecule has 0 bridgehead atoms. The number of hydrogen-bond donors (Lipinski definition) is 1. The molecule has 0 aromatic heterocycles. The van der Waals surface area contributed by atoms with Crippen molar-refractivity contribution >= 4 is 0 Å². The Bertz CT molecular complexity index is 150. The second-order valence-electron chi connectivity index (χ2n) is 3.75. The van der Waals surface area contributed by atoms with Gasteiger partial charge < -0.3 is 10.5 Å². The summed E-state index contributed by atoms with van der Waals surface area (Å²) in [7, 11) is 0. The summed E-state index contributed by atoms with van der Waals surface area (Å²) in [5.74, 6) is 0. The van der Waals surface area contributed by atoms with E-state index in [1.807, 2.05) is 6.92 Å². The van der Waals surface area contributed by atoms with Crippen LogP contribution in [0.25, 0.3) is 0 Å². The molecule has 0 aromatic carbocycles. The fraction of sp³-hybridized carbons (Fsp3) is 0.833. The Labute approximate surface area is 88.5 Å². The second kappa shape index (κ2) is 8.01. The number of rotatable bonds is 8. The third-order valence-electron chi connectivity index (χ3n) is 2.46. The predicted octanol–water partition coefficient (Wildman–Crippen LogP) is 2.88. The molecule has 2 heteroatoms. The van der Waals surface area contributed by atoms with Gasteiger partial charge in [-0.3, -0.25) is 0 Å². The van der Waals surface area contributed by atoms with Gasteiger partial charge >= 0.3 is 0 Å². The van der Waals surface area contributed by atoms with Gasteiger partial charge in [0.25, 0.3) is 0 Å². The van der Waals surface area contributed by atoms with E-state index in [1.165, 1.54) is 5.57 Å². The topological polar surface area (TPSA) is 35.2 Å². The van der Waals surface area contributed by atoms with Gasteiger partial charge in [0.05, 0.1) is 6.10 Å². The minimum atomic E-state index is 0.113. The fourth-order valence-corrected chi connectivity index (χ4v) is 1.53. The summed E-state index contributed by atoms with van der Waals surface area (Å²) in [6, 6.07) is 0.113. The van der Waals surface area contributed by atoms with E-state index in [0.717, 1.165) is 32.3 Å². The molecule has 0 saturated carbocycles. The molecular weight excluding hydrogens is 174 g/mol. The minimum absolute atomic E-state index is 0.113. The van der Waals surface area contributed by atoms with Crippen molar-refractivity contribution in [2.75, 3.05) is 6.61 Å². The van der Waals surface area contributed by atoms with E-state index >= 15 is 0 Å². The Morgan fingerprint density at radius 2 is 2.00 bits per heavy atom. The third-order valence-corrected chi connectivity index (χ3v) is 2.46. The van der Waals surface area contributed by atoms with Crippen LogP contribution in [0.2, 0.25) is 0 Å². The molecule has 2 unspecified atom stereocenters. The summed E-state index contributed by atoms with van der Waals surface area (Å²) >= 11 is 0. The molecule has 2 atom stereocenters. The molecule has 0 amide bonds. The second-order valence-corrected chi connectivity index (χ2v) is 3.75. The van der Waals surface area contributed by atoms with Crippen LogP contribution in [0.4, 0.5) is 0 Å². The summed E-state index contributed by atoms with van der Waals surface area (Å²) in [6.45, 7) is 11.0. The average Bonchev–Trinajstić information content (AvgIpc) is 2.17. The molecular formula is C12H25NO. The largest absolute Gasteiger partial charge is 0.377 e. The highest BCUT2D eigenvalue weighted by Gasteiger charge is 2.17. The van der Waals surface area contributed by atoms with Gasteiger partial charge in [-0.15, -0.1) is 0 Å². The molecule has 0 heterocycles. The standard InChI is InChI=1S/C12H25NO/c1-5-8-12(14-7-3)11(13)9-10(4)6-2/h11-12H,4-9,13H2,1-3H3. The van der Waals surface area contributed by atoms with Crippen LogP contribution in [0.3, 0.4) is 0 Å². The average molecular weight is 199 g/mol. The first-order valence-corrected chi connectivity index (χ1v) is 5.69. The first-order chi connectivity index (χ1) is 6.65. The van der Waals surface area contributed by atoms with Crippen molar-refractivity contribution in [3.05, 3.63) is 12.2 Å². The van der Waals surface area contributed by atoms with Crippen LogP contribution in [0.5, 0.6) is 0 Å². The molecule has 0 fully saturated rings. The lowest BCUT2D eigenvalue weighted by Gasteiger charge is -2.23. The molecule has 0 aliphatic rings. The summed E-state index contributed by atoms with van der Waals surface area (Å²) in [5.41, 5.74) is 7.30. The van der Waals surface area contributed by atoms with Crippen molar-refractivity contribution in [1.82, 2.24) is 0 Å². The van der Waals surface area contributed by atoms with Crippen LogP contribution in [-0.2, 0) is 4.74 Å². The molecule has 0 aliphatic carbocycles. The van der Waals surface area contributed by atoms with E-state index in [0.29, 0.717) is 0 Å². The molecule has 0 aromatic rings. The number of hydrogen-bond acceptors (Lipinski definition) is 2. The third kappa shape index (κ3) is 5.40. The molecule has 2 nitrogen and oxygen atoms in total. The van der Waals surface area contributed by atoms with Crippen molar-refractivity contribution < 1.29 is 4.74 Å². The van der Waals surface area contributed by atoms with Crippen LogP contribution in [0.15, 0.2) is 12.2 Å². The smallest absolute Gasteiger partial charge is 0.0728 e. The van der Waals surface area contributed by atoms with E-state index in [9.17, 15) is 0 Å². The molecule has 0 aliphatic heterocycles. The minimum Gasteiger partial charge on any atom is -0.377 e. The van der Waals surface area contributed by atoms with Crippen molar-refractivity contribution in [1.29, 1.82) is 0 Å². The Hall–Kier alpha value is -0.340. The van der Waals surface area contributed by atoms with Gasteiger partial charge in [0.15, 0.2) is 0 Å². The molecule has 0 spiro atoms. The monoisotopic (exact) mass is 199 g/mol. The Balaban J connectivity index is 3.99. The summed E-state index contributed by atoms with van der Waals surface area (Å²) in [6.07, 6.45) is 4.27. The Morgan fingerprint density at radius 1 is 1.36 bits per heavy atom. The van der Waals surface area contributed by atoms with Gasteiger partial charge in [0, 0.05) is 12.6 Å². The molecule has 2 N–H and O–H groups in total. The normalized spacial score (nSPS) is 15.1. The first kappa shape index (κ1) is 13.7. The maximum Gasteiger partial charge on any atom is 0.0728 e. The predicted molar refractivity (Wildman–Crippen MR) is 62.3 cm³/mol. The van der Waals surface area contributed by atoms with Crippen molar-refractivity contribution in [3.63, 3.8) is 0 Å². The highest BCUT2D eigenvalue weighted by atomic mass is 16.5. The SMILES string of the molecule is C=C(CC)CC(N)C(CCC)OCC. The van der Waals surface area contributed by atoms with Gasteiger partial charge in [-0.1, -0.05) is 32.4 Å². The van der Waals surface area contributed by atoms with E-state index in [2.05, 4.69) is 20.4 Å². The lowest BCUT2D eigenvalue weighted by atomic mass is 9.99. The Kier molecular flexibility index (Phi) is 7.81.